The second-order valence-electron chi connectivity index (χ2n) is 3.85. The molecular formula is C13H20N2O. The zero-order valence-electron chi connectivity index (χ0n) is 10.5. The van der Waals surface area contributed by atoms with E-state index in [2.05, 4.69) is 0 Å². The van der Waals surface area contributed by atoms with Crippen molar-refractivity contribution in [3.8, 4) is 0 Å². The number of carbonyl (C=O) groups excluding carboxylic acids is 1. The van der Waals surface area contributed by atoms with Crippen LogP contribution in [0, 0.1) is 6.92 Å². The van der Waals surface area contributed by atoms with Crippen LogP contribution in [0.4, 0.5) is 10.5 Å². The van der Waals surface area contributed by atoms with Crippen molar-refractivity contribution in [3.63, 3.8) is 0 Å². The molecule has 0 atom stereocenters. The van der Waals surface area contributed by atoms with E-state index in [0.717, 1.165) is 24.3 Å². The summed E-state index contributed by atoms with van der Waals surface area (Å²) in [6.07, 6.45) is 0. The number of rotatable bonds is 3. The van der Waals surface area contributed by atoms with E-state index in [1.807, 2.05) is 57.0 Å². The van der Waals surface area contributed by atoms with Gasteiger partial charge >= 0.3 is 6.03 Å². The number of hydrogen-bond donors (Lipinski definition) is 0. The molecule has 0 saturated carbocycles. The monoisotopic (exact) mass is 220 g/mol. The number of hydrogen-bond acceptors (Lipinski definition) is 1. The Morgan fingerprint density at radius 3 is 2.38 bits per heavy atom. The van der Waals surface area contributed by atoms with E-state index in [1.165, 1.54) is 0 Å². The second-order valence-corrected chi connectivity index (χ2v) is 3.85. The fourth-order valence-electron chi connectivity index (χ4n) is 1.65. The van der Waals surface area contributed by atoms with Crippen molar-refractivity contribution in [1.82, 2.24) is 4.90 Å². The van der Waals surface area contributed by atoms with E-state index in [1.54, 1.807) is 4.90 Å². The van der Waals surface area contributed by atoms with Gasteiger partial charge in [-0.1, -0.05) is 12.1 Å². The van der Waals surface area contributed by atoms with Crippen LogP contribution in [0.5, 0.6) is 0 Å². The van der Waals surface area contributed by atoms with E-state index >= 15 is 0 Å². The molecule has 16 heavy (non-hydrogen) atoms. The average Bonchev–Trinajstić information content (AvgIpc) is 2.29. The van der Waals surface area contributed by atoms with Crippen LogP contribution in [0.15, 0.2) is 24.3 Å². The van der Waals surface area contributed by atoms with Crippen molar-refractivity contribution in [2.24, 2.45) is 0 Å². The largest absolute Gasteiger partial charge is 0.325 e. The Labute approximate surface area is 97.7 Å². The summed E-state index contributed by atoms with van der Waals surface area (Å²) in [4.78, 5) is 15.6. The predicted molar refractivity (Wildman–Crippen MR) is 67.9 cm³/mol. The number of nitrogens with zero attached hydrogens (tertiary/aromatic N) is 2. The molecule has 0 aliphatic rings. The van der Waals surface area contributed by atoms with Gasteiger partial charge in [0.15, 0.2) is 0 Å². The van der Waals surface area contributed by atoms with Gasteiger partial charge in [0.2, 0.25) is 0 Å². The lowest BCUT2D eigenvalue weighted by Crippen LogP contribution is -2.41. The van der Waals surface area contributed by atoms with Crippen molar-refractivity contribution < 1.29 is 4.79 Å². The van der Waals surface area contributed by atoms with E-state index in [9.17, 15) is 4.79 Å². The lowest BCUT2D eigenvalue weighted by atomic mass is 10.2. The number of amides is 2. The summed E-state index contributed by atoms with van der Waals surface area (Å²) < 4.78 is 0. The molecule has 0 aliphatic heterocycles. The number of carbonyl (C=O) groups is 1. The summed E-state index contributed by atoms with van der Waals surface area (Å²) in [5.41, 5.74) is 2.11. The molecule has 0 bridgehead atoms. The standard InChI is InChI=1S/C13H20N2O/c1-5-15(6-2)13(16)14(4)12-9-7-8-11(3)10-12/h7-10H,5-6H2,1-4H3. The zero-order valence-corrected chi connectivity index (χ0v) is 10.5. The summed E-state index contributed by atoms with van der Waals surface area (Å²) in [5.74, 6) is 0. The van der Waals surface area contributed by atoms with Crippen molar-refractivity contribution in [2.75, 3.05) is 25.0 Å². The molecule has 0 aromatic heterocycles. The average molecular weight is 220 g/mol. The van der Waals surface area contributed by atoms with Crippen LogP contribution in [-0.4, -0.2) is 31.1 Å². The quantitative estimate of drug-likeness (QED) is 0.768. The first-order valence-electron chi connectivity index (χ1n) is 5.69. The maximum Gasteiger partial charge on any atom is 0.324 e. The molecule has 0 unspecified atom stereocenters. The molecule has 88 valence electrons. The third-order valence-corrected chi connectivity index (χ3v) is 2.71. The molecule has 3 nitrogen and oxygen atoms in total. The highest BCUT2D eigenvalue weighted by atomic mass is 16.2. The number of benzene rings is 1. The second kappa shape index (κ2) is 5.54. The Balaban J connectivity index is 2.85. The fourth-order valence-corrected chi connectivity index (χ4v) is 1.65. The summed E-state index contributed by atoms with van der Waals surface area (Å²) >= 11 is 0. The van der Waals surface area contributed by atoms with Crippen LogP contribution in [0.2, 0.25) is 0 Å². The Bertz CT molecular complexity index is 359. The SMILES string of the molecule is CCN(CC)C(=O)N(C)c1cccc(C)c1. The highest BCUT2D eigenvalue weighted by Gasteiger charge is 2.15. The van der Waals surface area contributed by atoms with Gasteiger partial charge in [0.25, 0.3) is 0 Å². The summed E-state index contributed by atoms with van der Waals surface area (Å²) in [5, 5.41) is 0. The molecule has 3 heteroatoms. The molecule has 0 aliphatic carbocycles. The normalized spacial score (nSPS) is 10.0. The molecule has 1 aromatic rings. The Morgan fingerprint density at radius 2 is 1.88 bits per heavy atom. The minimum Gasteiger partial charge on any atom is -0.325 e. The van der Waals surface area contributed by atoms with Gasteiger partial charge in [-0.05, 0) is 38.5 Å². The van der Waals surface area contributed by atoms with Gasteiger partial charge in [0.05, 0.1) is 0 Å². The third-order valence-electron chi connectivity index (χ3n) is 2.71. The predicted octanol–water partition coefficient (Wildman–Crippen LogP) is 2.89. The number of anilines is 1. The molecule has 1 rings (SSSR count). The molecule has 0 radical (unpaired) electrons. The van der Waals surface area contributed by atoms with Gasteiger partial charge in [-0.25, -0.2) is 4.79 Å². The van der Waals surface area contributed by atoms with Gasteiger partial charge in [0.1, 0.15) is 0 Å². The van der Waals surface area contributed by atoms with E-state index in [-0.39, 0.29) is 6.03 Å². The lowest BCUT2D eigenvalue weighted by Gasteiger charge is -2.26. The number of urea groups is 1. The number of aryl methyl sites for hydroxylation is 1. The molecule has 0 spiro atoms. The minimum absolute atomic E-state index is 0.0515. The van der Waals surface area contributed by atoms with E-state index < -0.39 is 0 Å². The van der Waals surface area contributed by atoms with Gasteiger partial charge in [-0.2, -0.15) is 0 Å². The summed E-state index contributed by atoms with van der Waals surface area (Å²) in [6, 6.07) is 8.02. The van der Waals surface area contributed by atoms with E-state index in [4.69, 9.17) is 0 Å². The van der Waals surface area contributed by atoms with Crippen LogP contribution >= 0.6 is 0 Å². The van der Waals surface area contributed by atoms with Crippen molar-refractivity contribution in [2.45, 2.75) is 20.8 Å². The van der Waals surface area contributed by atoms with E-state index in [0.29, 0.717) is 0 Å². The summed E-state index contributed by atoms with van der Waals surface area (Å²) in [7, 11) is 1.81. The highest BCUT2D eigenvalue weighted by molar-refractivity contribution is 5.91. The van der Waals surface area contributed by atoms with Crippen LogP contribution in [0.25, 0.3) is 0 Å². The van der Waals surface area contributed by atoms with Crippen molar-refractivity contribution in [1.29, 1.82) is 0 Å². The zero-order chi connectivity index (χ0) is 12.1. The van der Waals surface area contributed by atoms with Crippen LogP contribution in [-0.2, 0) is 0 Å². The molecule has 0 fully saturated rings. The Morgan fingerprint density at radius 1 is 1.25 bits per heavy atom. The maximum absolute atomic E-state index is 12.1. The van der Waals surface area contributed by atoms with Gasteiger partial charge in [-0.3, -0.25) is 4.90 Å². The highest BCUT2D eigenvalue weighted by Crippen LogP contribution is 2.15. The van der Waals surface area contributed by atoms with Crippen molar-refractivity contribution in [3.05, 3.63) is 29.8 Å². The smallest absolute Gasteiger partial charge is 0.324 e. The lowest BCUT2D eigenvalue weighted by molar-refractivity contribution is 0.211. The Kier molecular flexibility index (Phi) is 4.35. The molecule has 0 N–H and O–H groups in total. The summed E-state index contributed by atoms with van der Waals surface area (Å²) in [6.45, 7) is 7.49. The van der Waals surface area contributed by atoms with Gasteiger partial charge in [0, 0.05) is 25.8 Å². The first kappa shape index (κ1) is 12.6. The van der Waals surface area contributed by atoms with Crippen molar-refractivity contribution >= 4 is 11.7 Å². The van der Waals surface area contributed by atoms with Crippen LogP contribution < -0.4 is 4.90 Å². The Hall–Kier alpha value is -1.51. The third kappa shape index (κ3) is 2.75. The molecule has 0 heterocycles. The molecule has 0 saturated heterocycles. The van der Waals surface area contributed by atoms with Gasteiger partial charge < -0.3 is 4.90 Å². The minimum atomic E-state index is 0.0515. The van der Waals surface area contributed by atoms with Crippen LogP contribution in [0.3, 0.4) is 0 Å². The maximum atomic E-state index is 12.1. The first-order chi connectivity index (χ1) is 7.60. The topological polar surface area (TPSA) is 23.6 Å². The van der Waals surface area contributed by atoms with Gasteiger partial charge in [-0.15, -0.1) is 0 Å². The first-order valence-corrected chi connectivity index (χ1v) is 5.69. The fraction of sp³-hybridized carbons (Fsp3) is 0.462. The molecule has 2 amide bonds. The molecular weight excluding hydrogens is 200 g/mol. The molecule has 1 aromatic carbocycles. The van der Waals surface area contributed by atoms with Crippen LogP contribution in [0.1, 0.15) is 19.4 Å².